The van der Waals surface area contributed by atoms with Crippen molar-refractivity contribution in [1.29, 1.82) is 0 Å². The molecule has 0 radical (unpaired) electrons. The lowest BCUT2D eigenvalue weighted by molar-refractivity contribution is 0.580. The van der Waals surface area contributed by atoms with Crippen LogP contribution in [0.2, 0.25) is 0 Å². The van der Waals surface area contributed by atoms with Crippen molar-refractivity contribution >= 4 is 17.4 Å². The Hall–Kier alpha value is -0.770. The van der Waals surface area contributed by atoms with Crippen LogP contribution in [-0.2, 0) is 0 Å². The fraction of sp³-hybridized carbons (Fsp3) is 0.545. The molecule has 0 saturated carbocycles. The molecular formula is C11H15FN2S. The maximum absolute atomic E-state index is 13.0. The molecule has 1 fully saturated rings. The van der Waals surface area contributed by atoms with Gasteiger partial charge < -0.3 is 4.90 Å². The van der Waals surface area contributed by atoms with Gasteiger partial charge in [0.25, 0.3) is 0 Å². The van der Waals surface area contributed by atoms with Crippen LogP contribution in [0.5, 0.6) is 0 Å². The average Bonchev–Trinajstić information content (AvgIpc) is 2.16. The number of nitrogens with zero attached hydrogens (tertiary/aromatic N) is 2. The molecule has 0 spiro atoms. The van der Waals surface area contributed by atoms with Crippen molar-refractivity contribution in [2.45, 2.75) is 18.6 Å². The van der Waals surface area contributed by atoms with Gasteiger partial charge in [0.15, 0.2) is 0 Å². The van der Waals surface area contributed by atoms with E-state index in [1.165, 1.54) is 12.3 Å². The predicted molar refractivity (Wildman–Crippen MR) is 62.9 cm³/mol. The van der Waals surface area contributed by atoms with Crippen LogP contribution in [0.3, 0.4) is 0 Å². The van der Waals surface area contributed by atoms with Gasteiger partial charge in [-0.05, 0) is 19.9 Å². The fourth-order valence-electron chi connectivity index (χ4n) is 1.83. The van der Waals surface area contributed by atoms with Crippen molar-refractivity contribution in [3.05, 3.63) is 24.3 Å². The highest BCUT2D eigenvalue weighted by Crippen LogP contribution is 2.31. The molecular weight excluding hydrogens is 211 g/mol. The van der Waals surface area contributed by atoms with Crippen LogP contribution in [0.15, 0.2) is 18.3 Å². The zero-order valence-corrected chi connectivity index (χ0v) is 9.85. The topological polar surface area (TPSA) is 16.1 Å². The van der Waals surface area contributed by atoms with Crippen molar-refractivity contribution in [2.24, 2.45) is 0 Å². The van der Waals surface area contributed by atoms with E-state index >= 15 is 0 Å². The van der Waals surface area contributed by atoms with Gasteiger partial charge >= 0.3 is 0 Å². The second kappa shape index (κ2) is 4.00. The smallest absolute Gasteiger partial charge is 0.214 e. The molecule has 0 aromatic carbocycles. The summed E-state index contributed by atoms with van der Waals surface area (Å²) in [5.41, 5.74) is 0.941. The lowest BCUT2D eigenvalue weighted by atomic mass is 10.1. The van der Waals surface area contributed by atoms with Gasteiger partial charge in [-0.1, -0.05) is 0 Å². The fourth-order valence-corrected chi connectivity index (χ4v) is 2.94. The number of rotatable bonds is 1. The summed E-state index contributed by atoms with van der Waals surface area (Å²) in [4.78, 5) is 5.80. The Kier molecular flexibility index (Phi) is 2.87. The van der Waals surface area contributed by atoms with Gasteiger partial charge in [-0.3, -0.25) is 0 Å². The monoisotopic (exact) mass is 226 g/mol. The summed E-state index contributed by atoms with van der Waals surface area (Å²) in [5, 5.41) is 0. The molecule has 1 aliphatic rings. The van der Waals surface area contributed by atoms with E-state index in [2.05, 4.69) is 23.7 Å². The molecule has 0 atom stereocenters. The summed E-state index contributed by atoms with van der Waals surface area (Å²) < 4.78 is 13.2. The van der Waals surface area contributed by atoms with E-state index in [9.17, 15) is 4.39 Å². The molecule has 2 heterocycles. The molecule has 2 nitrogen and oxygen atoms in total. The highest BCUT2D eigenvalue weighted by atomic mass is 32.2. The number of aromatic nitrogens is 1. The summed E-state index contributed by atoms with van der Waals surface area (Å²) >= 11 is 1.97. The molecule has 0 N–H and O–H groups in total. The van der Waals surface area contributed by atoms with Crippen LogP contribution < -0.4 is 4.90 Å². The summed E-state index contributed by atoms with van der Waals surface area (Å²) in [5.74, 6) is 0.695. The largest absolute Gasteiger partial charge is 0.369 e. The van der Waals surface area contributed by atoms with Crippen LogP contribution in [0.4, 0.5) is 10.1 Å². The normalized spacial score (nSPS) is 20.3. The average molecular weight is 226 g/mol. The Morgan fingerprint density at radius 2 is 2.33 bits per heavy atom. The highest BCUT2D eigenvalue weighted by Gasteiger charge is 2.27. The van der Waals surface area contributed by atoms with E-state index in [1.807, 2.05) is 17.8 Å². The maximum atomic E-state index is 13.0. The number of thioether (sulfide) groups is 1. The zero-order chi connectivity index (χ0) is 10.9. The molecule has 1 aromatic rings. The number of hydrogen-bond donors (Lipinski definition) is 0. The van der Waals surface area contributed by atoms with Crippen LogP contribution in [-0.4, -0.2) is 28.6 Å². The van der Waals surface area contributed by atoms with Gasteiger partial charge in [0.2, 0.25) is 5.95 Å². The van der Waals surface area contributed by atoms with E-state index in [0.717, 1.165) is 24.5 Å². The Morgan fingerprint density at radius 3 is 3.00 bits per heavy atom. The highest BCUT2D eigenvalue weighted by molar-refractivity contribution is 8.00. The minimum absolute atomic E-state index is 0.248. The predicted octanol–water partition coefficient (Wildman–Crippen LogP) is 2.55. The Bertz CT molecular complexity index is 354. The molecule has 0 bridgehead atoms. The second-order valence-electron chi connectivity index (χ2n) is 4.37. The van der Waals surface area contributed by atoms with E-state index < -0.39 is 5.95 Å². The lowest BCUT2D eigenvalue weighted by Crippen LogP contribution is -2.43. The minimum atomic E-state index is -0.400. The van der Waals surface area contributed by atoms with E-state index in [4.69, 9.17) is 0 Å². The van der Waals surface area contributed by atoms with E-state index in [0.29, 0.717) is 0 Å². The van der Waals surface area contributed by atoms with Gasteiger partial charge in [-0.25, -0.2) is 4.98 Å². The Labute approximate surface area is 93.9 Å². The van der Waals surface area contributed by atoms with Crippen molar-refractivity contribution in [3.8, 4) is 0 Å². The summed E-state index contributed by atoms with van der Waals surface area (Å²) in [6.07, 6.45) is 1.53. The van der Waals surface area contributed by atoms with Gasteiger partial charge in [-0.15, -0.1) is 0 Å². The van der Waals surface area contributed by atoms with Crippen molar-refractivity contribution in [2.75, 3.05) is 23.7 Å². The van der Waals surface area contributed by atoms with Gasteiger partial charge in [0.1, 0.15) is 0 Å². The third-order valence-corrected chi connectivity index (χ3v) is 3.80. The van der Waals surface area contributed by atoms with Crippen LogP contribution in [0.25, 0.3) is 0 Å². The van der Waals surface area contributed by atoms with Crippen LogP contribution in [0, 0.1) is 5.95 Å². The molecule has 1 saturated heterocycles. The van der Waals surface area contributed by atoms with Crippen molar-refractivity contribution in [3.63, 3.8) is 0 Å². The number of pyridine rings is 1. The lowest BCUT2D eigenvalue weighted by Gasteiger charge is -2.38. The van der Waals surface area contributed by atoms with Crippen LogP contribution in [0.1, 0.15) is 13.8 Å². The summed E-state index contributed by atoms with van der Waals surface area (Å²) in [6.45, 7) is 6.39. The zero-order valence-electron chi connectivity index (χ0n) is 9.03. The quantitative estimate of drug-likeness (QED) is 0.685. The molecule has 0 unspecified atom stereocenters. The molecule has 0 aliphatic carbocycles. The van der Waals surface area contributed by atoms with Gasteiger partial charge in [0, 0.05) is 41.5 Å². The third kappa shape index (κ3) is 2.62. The molecule has 15 heavy (non-hydrogen) atoms. The standard InChI is InChI=1S/C11H15FN2S/c1-11(2)8-14(5-6-15-11)9-3-4-13-10(12)7-9/h3-4,7H,5-6,8H2,1-2H3. The van der Waals surface area contributed by atoms with Gasteiger partial charge in [0.05, 0.1) is 0 Å². The number of anilines is 1. The molecule has 4 heteroatoms. The van der Waals surface area contributed by atoms with E-state index in [1.54, 1.807) is 0 Å². The second-order valence-corrected chi connectivity index (χ2v) is 6.17. The van der Waals surface area contributed by atoms with Crippen LogP contribution >= 0.6 is 11.8 Å². The van der Waals surface area contributed by atoms with Gasteiger partial charge in [-0.2, -0.15) is 16.2 Å². The summed E-state index contributed by atoms with van der Waals surface area (Å²) in [6, 6.07) is 3.38. The molecule has 0 amide bonds. The minimum Gasteiger partial charge on any atom is -0.369 e. The van der Waals surface area contributed by atoms with Crippen molar-refractivity contribution in [1.82, 2.24) is 4.98 Å². The number of hydrogen-bond acceptors (Lipinski definition) is 3. The number of halogens is 1. The van der Waals surface area contributed by atoms with Crippen molar-refractivity contribution < 1.29 is 4.39 Å². The first-order valence-electron chi connectivity index (χ1n) is 5.07. The molecule has 2 rings (SSSR count). The Morgan fingerprint density at radius 1 is 1.53 bits per heavy atom. The SMILES string of the molecule is CC1(C)CN(c2ccnc(F)c2)CCS1. The first-order valence-corrected chi connectivity index (χ1v) is 6.06. The van der Waals surface area contributed by atoms with E-state index in [-0.39, 0.29) is 4.75 Å². The summed E-state index contributed by atoms with van der Waals surface area (Å²) in [7, 11) is 0. The Balaban J connectivity index is 2.17. The first-order chi connectivity index (χ1) is 7.07. The molecule has 1 aliphatic heterocycles. The molecule has 82 valence electrons. The first kappa shape index (κ1) is 10.7. The third-order valence-electron chi connectivity index (χ3n) is 2.50. The molecule has 1 aromatic heterocycles. The maximum Gasteiger partial charge on any atom is 0.214 e.